The number of nitrogens with one attached hydrogen (secondary N) is 1. The average molecular weight is 322 g/mol. The number of amides is 2. The molecule has 0 bridgehead atoms. The highest BCUT2D eigenvalue weighted by Gasteiger charge is 2.42. The molecule has 1 aliphatic rings. The second kappa shape index (κ2) is 7.30. The van der Waals surface area contributed by atoms with Crippen molar-refractivity contribution in [3.63, 3.8) is 0 Å². The molecule has 2 amide bonds. The van der Waals surface area contributed by atoms with Crippen molar-refractivity contribution in [3.8, 4) is 0 Å². The summed E-state index contributed by atoms with van der Waals surface area (Å²) in [7, 11) is 1.78. The van der Waals surface area contributed by atoms with Crippen LogP contribution in [0.1, 0.15) is 23.6 Å². The fraction of sp³-hybridized carbons (Fsp3) is 0.300. The number of carbonyl (C=O) groups excluding carboxylic acids is 2. The smallest absolute Gasteiger partial charge is 0.226 e. The summed E-state index contributed by atoms with van der Waals surface area (Å²) in [5.74, 6) is -0.356. The number of benzene rings is 2. The van der Waals surface area contributed by atoms with E-state index in [1.54, 1.807) is 11.9 Å². The Morgan fingerprint density at radius 1 is 1.08 bits per heavy atom. The van der Waals surface area contributed by atoms with Gasteiger partial charge in [-0.15, -0.1) is 0 Å². The zero-order chi connectivity index (χ0) is 16.9. The van der Waals surface area contributed by atoms with Gasteiger partial charge in [0.1, 0.15) is 0 Å². The van der Waals surface area contributed by atoms with E-state index >= 15 is 0 Å². The van der Waals surface area contributed by atoms with Crippen molar-refractivity contribution in [2.75, 3.05) is 13.6 Å². The Labute approximate surface area is 142 Å². The van der Waals surface area contributed by atoms with Gasteiger partial charge in [0.15, 0.2) is 0 Å². The molecule has 124 valence electrons. The molecule has 3 rings (SSSR count). The summed E-state index contributed by atoms with van der Waals surface area (Å²) in [5, 5.41) is 3.00. The normalized spacial score (nSPS) is 20.2. The highest BCUT2D eigenvalue weighted by Crippen LogP contribution is 2.36. The van der Waals surface area contributed by atoms with Crippen LogP contribution in [0.25, 0.3) is 0 Å². The third kappa shape index (κ3) is 3.48. The number of hydrogen-bond donors (Lipinski definition) is 1. The van der Waals surface area contributed by atoms with Crippen LogP contribution in [0.2, 0.25) is 0 Å². The second-order valence-electron chi connectivity index (χ2n) is 6.20. The lowest BCUT2D eigenvalue weighted by Gasteiger charge is -2.24. The van der Waals surface area contributed by atoms with Gasteiger partial charge >= 0.3 is 0 Å². The van der Waals surface area contributed by atoms with Gasteiger partial charge in [-0.1, -0.05) is 60.7 Å². The Balaban J connectivity index is 1.65. The van der Waals surface area contributed by atoms with E-state index in [1.807, 2.05) is 60.7 Å². The van der Waals surface area contributed by atoms with Gasteiger partial charge in [-0.3, -0.25) is 9.59 Å². The Bertz CT molecular complexity index is 700. The molecule has 1 aliphatic heterocycles. The molecular formula is C20H22N2O2. The van der Waals surface area contributed by atoms with Crippen molar-refractivity contribution in [2.45, 2.75) is 18.9 Å². The molecule has 0 aliphatic carbocycles. The molecule has 24 heavy (non-hydrogen) atoms. The van der Waals surface area contributed by atoms with Crippen LogP contribution in [-0.2, 0) is 16.0 Å². The number of nitrogens with zero attached hydrogens (tertiary/aromatic N) is 1. The maximum absolute atomic E-state index is 12.6. The zero-order valence-corrected chi connectivity index (χ0v) is 13.8. The molecule has 4 heteroatoms. The third-order valence-electron chi connectivity index (χ3n) is 4.62. The highest BCUT2D eigenvalue weighted by molar-refractivity contribution is 5.90. The van der Waals surface area contributed by atoms with Gasteiger partial charge in [-0.05, 0) is 17.5 Å². The van der Waals surface area contributed by atoms with Crippen LogP contribution in [0.3, 0.4) is 0 Å². The number of likely N-dealkylation sites (tertiary alicyclic amines) is 1. The first-order chi connectivity index (χ1) is 11.7. The molecule has 0 aromatic heterocycles. The SMILES string of the molecule is CN1C(=O)C[C@H](C(=O)NCCc2ccccc2)[C@@H]1c1ccccc1. The van der Waals surface area contributed by atoms with E-state index in [4.69, 9.17) is 0 Å². The van der Waals surface area contributed by atoms with Crippen LogP contribution >= 0.6 is 0 Å². The minimum Gasteiger partial charge on any atom is -0.355 e. The molecule has 2 aromatic carbocycles. The summed E-state index contributed by atoms with van der Waals surface area (Å²) < 4.78 is 0. The predicted octanol–water partition coefficient (Wildman–Crippen LogP) is 2.56. The van der Waals surface area contributed by atoms with Crippen LogP contribution in [0.15, 0.2) is 60.7 Å². The van der Waals surface area contributed by atoms with Gasteiger partial charge in [0.2, 0.25) is 11.8 Å². The summed E-state index contributed by atoms with van der Waals surface area (Å²) in [5.41, 5.74) is 2.20. The fourth-order valence-corrected chi connectivity index (χ4v) is 3.32. The van der Waals surface area contributed by atoms with Crippen molar-refractivity contribution < 1.29 is 9.59 Å². The molecular weight excluding hydrogens is 300 g/mol. The van der Waals surface area contributed by atoms with Gasteiger partial charge in [-0.2, -0.15) is 0 Å². The van der Waals surface area contributed by atoms with Crippen LogP contribution in [0, 0.1) is 5.92 Å². The largest absolute Gasteiger partial charge is 0.355 e. The average Bonchev–Trinajstić information content (AvgIpc) is 2.92. The van der Waals surface area contributed by atoms with E-state index in [9.17, 15) is 9.59 Å². The number of rotatable bonds is 5. The van der Waals surface area contributed by atoms with Gasteiger partial charge in [0.25, 0.3) is 0 Å². The molecule has 0 spiro atoms. The van der Waals surface area contributed by atoms with Crippen molar-refractivity contribution in [3.05, 3.63) is 71.8 Å². The minimum atomic E-state index is -0.333. The molecule has 2 aromatic rings. The number of hydrogen-bond acceptors (Lipinski definition) is 2. The molecule has 2 atom stereocenters. The van der Waals surface area contributed by atoms with E-state index in [0.29, 0.717) is 6.54 Å². The lowest BCUT2D eigenvalue weighted by Crippen LogP contribution is -2.35. The first kappa shape index (κ1) is 16.2. The predicted molar refractivity (Wildman–Crippen MR) is 93.2 cm³/mol. The molecule has 4 nitrogen and oxygen atoms in total. The first-order valence-corrected chi connectivity index (χ1v) is 8.29. The Hall–Kier alpha value is -2.62. The van der Waals surface area contributed by atoms with Gasteiger partial charge in [-0.25, -0.2) is 0 Å². The topological polar surface area (TPSA) is 49.4 Å². The Kier molecular flexibility index (Phi) is 4.94. The van der Waals surface area contributed by atoms with E-state index in [0.717, 1.165) is 12.0 Å². The maximum atomic E-state index is 12.6. The summed E-state index contributed by atoms with van der Waals surface area (Å²) in [6.45, 7) is 0.582. The third-order valence-corrected chi connectivity index (χ3v) is 4.62. The quantitative estimate of drug-likeness (QED) is 0.920. The molecule has 0 radical (unpaired) electrons. The van der Waals surface area contributed by atoms with E-state index in [1.165, 1.54) is 5.56 Å². The second-order valence-corrected chi connectivity index (χ2v) is 6.20. The molecule has 0 saturated carbocycles. The number of carbonyl (C=O) groups is 2. The van der Waals surface area contributed by atoms with Crippen molar-refractivity contribution in [2.24, 2.45) is 5.92 Å². The van der Waals surface area contributed by atoms with E-state index in [-0.39, 0.29) is 30.2 Å². The summed E-state index contributed by atoms with van der Waals surface area (Å²) in [6, 6.07) is 19.6. The van der Waals surface area contributed by atoms with Crippen molar-refractivity contribution >= 4 is 11.8 Å². The lowest BCUT2D eigenvalue weighted by molar-refractivity contribution is -0.128. The van der Waals surface area contributed by atoms with E-state index in [2.05, 4.69) is 5.32 Å². The molecule has 1 N–H and O–H groups in total. The van der Waals surface area contributed by atoms with Crippen LogP contribution in [0.5, 0.6) is 0 Å². The highest BCUT2D eigenvalue weighted by atomic mass is 16.2. The van der Waals surface area contributed by atoms with E-state index < -0.39 is 0 Å². The van der Waals surface area contributed by atoms with Gasteiger partial charge < -0.3 is 10.2 Å². The van der Waals surface area contributed by atoms with Gasteiger partial charge in [0, 0.05) is 20.0 Å². The first-order valence-electron chi connectivity index (χ1n) is 8.29. The standard InChI is InChI=1S/C20H22N2O2/c1-22-18(23)14-17(19(22)16-10-6-3-7-11-16)20(24)21-13-12-15-8-4-2-5-9-15/h2-11,17,19H,12-14H2,1H3,(H,21,24)/t17-,19-/m0/s1. The lowest BCUT2D eigenvalue weighted by atomic mass is 9.93. The fourth-order valence-electron chi connectivity index (χ4n) is 3.32. The Morgan fingerprint density at radius 3 is 2.38 bits per heavy atom. The zero-order valence-electron chi connectivity index (χ0n) is 13.8. The molecule has 0 unspecified atom stereocenters. The Morgan fingerprint density at radius 2 is 1.71 bits per heavy atom. The summed E-state index contributed by atoms with van der Waals surface area (Å²) in [6.07, 6.45) is 1.06. The molecule has 1 fully saturated rings. The van der Waals surface area contributed by atoms with Crippen molar-refractivity contribution in [1.82, 2.24) is 10.2 Å². The van der Waals surface area contributed by atoms with Crippen LogP contribution < -0.4 is 5.32 Å². The monoisotopic (exact) mass is 322 g/mol. The van der Waals surface area contributed by atoms with Crippen molar-refractivity contribution in [1.29, 1.82) is 0 Å². The molecule has 1 saturated heterocycles. The van der Waals surface area contributed by atoms with Crippen LogP contribution in [0.4, 0.5) is 0 Å². The van der Waals surface area contributed by atoms with Gasteiger partial charge in [0.05, 0.1) is 12.0 Å². The van der Waals surface area contributed by atoms with Crippen LogP contribution in [-0.4, -0.2) is 30.3 Å². The maximum Gasteiger partial charge on any atom is 0.226 e. The summed E-state index contributed by atoms with van der Waals surface area (Å²) in [4.78, 5) is 26.4. The summed E-state index contributed by atoms with van der Waals surface area (Å²) >= 11 is 0. The minimum absolute atomic E-state index is 0.0204. The molecule has 1 heterocycles.